The smallest absolute Gasteiger partial charge is 0.320 e. The van der Waals surface area contributed by atoms with E-state index in [0.29, 0.717) is 0 Å². The molecule has 0 saturated carbocycles. The molecule has 0 bridgehead atoms. The summed E-state index contributed by atoms with van der Waals surface area (Å²) in [7, 11) is -12.3. The van der Waals surface area contributed by atoms with Gasteiger partial charge in [-0.05, 0) is 118 Å². The van der Waals surface area contributed by atoms with Crippen LogP contribution in [0.3, 0.4) is 0 Å². The Kier molecular flexibility index (Phi) is 15.2. The predicted octanol–water partition coefficient (Wildman–Crippen LogP) is 6.46. The van der Waals surface area contributed by atoms with Crippen molar-refractivity contribution < 1.29 is 26.1 Å². The lowest BCUT2D eigenvalue weighted by atomic mass is 11.8. The van der Waals surface area contributed by atoms with Crippen LogP contribution < -0.4 is 0 Å². The highest BCUT2D eigenvalue weighted by molar-refractivity contribution is 6.86. The van der Waals surface area contributed by atoms with Gasteiger partial charge in [0.25, 0.3) is 0 Å². The maximum absolute atomic E-state index is 9.64. The standard InChI is InChI=1S/C7H22O3Si3.C6H18OSi2.C5H16O2Si2/c1-11(2,3)9-13(6,7)10-12(4,5)8;2*1-8(2,3)7-9(4,5)6/h8H,1-7H3;1-6H3;6H,1-5H3. The van der Waals surface area contributed by atoms with E-state index in [2.05, 4.69) is 78.6 Å². The topological polar surface area (TPSA) is 77.4 Å². The minimum absolute atomic E-state index is 1.23. The second-order valence-electron chi connectivity index (χ2n) is 13.2. The minimum Gasteiger partial charge on any atom is -0.456 e. The third-order valence-corrected chi connectivity index (χ3v) is 19.9. The summed E-state index contributed by atoms with van der Waals surface area (Å²) in [6.07, 6.45) is 0. The summed E-state index contributed by atoms with van der Waals surface area (Å²) in [5, 5.41) is 0. The summed E-state index contributed by atoms with van der Waals surface area (Å²) < 4.78 is 22.9. The van der Waals surface area contributed by atoms with Crippen molar-refractivity contribution in [2.75, 3.05) is 0 Å². The third kappa shape index (κ3) is 42.0. The SMILES string of the molecule is C[Si](C)(C)O[Si](C)(C)C.C[Si](C)(C)O[Si](C)(C)O.C[Si](C)(C)O[Si](C)(C)O[Si](C)(C)O. The summed E-state index contributed by atoms with van der Waals surface area (Å²) in [6, 6.07) is 0. The van der Waals surface area contributed by atoms with Crippen molar-refractivity contribution in [2.45, 2.75) is 118 Å². The largest absolute Gasteiger partial charge is 0.456 e. The van der Waals surface area contributed by atoms with Crippen LogP contribution in [0.25, 0.3) is 0 Å². The van der Waals surface area contributed by atoms with E-state index < -0.39 is 59.0 Å². The van der Waals surface area contributed by atoms with Gasteiger partial charge in [-0.15, -0.1) is 0 Å². The molecule has 6 nitrogen and oxygen atoms in total. The van der Waals surface area contributed by atoms with Gasteiger partial charge < -0.3 is 26.1 Å². The van der Waals surface area contributed by atoms with Crippen LogP contribution >= 0.6 is 0 Å². The highest BCUT2D eigenvalue weighted by Crippen LogP contribution is 2.18. The van der Waals surface area contributed by atoms with E-state index in [1.54, 1.807) is 26.2 Å². The molecule has 0 aromatic heterocycles. The molecule has 0 amide bonds. The molecule has 0 aromatic rings. The Morgan fingerprint density at radius 1 is 0.323 bits per heavy atom. The first-order valence-electron chi connectivity index (χ1n) is 11.1. The molecule has 0 aliphatic rings. The van der Waals surface area contributed by atoms with Gasteiger partial charge >= 0.3 is 25.7 Å². The van der Waals surface area contributed by atoms with Crippen molar-refractivity contribution in [3.8, 4) is 0 Å². The van der Waals surface area contributed by atoms with E-state index in [1.807, 2.05) is 13.1 Å². The fourth-order valence-corrected chi connectivity index (χ4v) is 27.6. The lowest BCUT2D eigenvalue weighted by Gasteiger charge is -2.34. The van der Waals surface area contributed by atoms with E-state index in [1.165, 1.54) is 0 Å². The lowest BCUT2D eigenvalue weighted by molar-refractivity contribution is 0.326. The molecule has 0 fully saturated rings. The lowest BCUT2D eigenvalue weighted by Crippen LogP contribution is -2.51. The average Bonchev–Trinajstić information content (AvgIpc) is 2.08. The molecule has 0 atom stereocenters. The Labute approximate surface area is 202 Å². The monoisotopic (exact) mass is 564 g/mol. The van der Waals surface area contributed by atoms with Gasteiger partial charge in [0, 0.05) is 0 Å². The van der Waals surface area contributed by atoms with Crippen molar-refractivity contribution >= 4 is 59.0 Å². The van der Waals surface area contributed by atoms with Gasteiger partial charge in [-0.3, -0.25) is 0 Å². The van der Waals surface area contributed by atoms with Crippen LogP contribution in [0.15, 0.2) is 0 Å². The molecule has 0 radical (unpaired) electrons. The molecule has 0 saturated heterocycles. The summed E-state index contributed by atoms with van der Waals surface area (Å²) in [5.41, 5.74) is 0. The number of rotatable bonds is 8. The Morgan fingerprint density at radius 3 is 0.645 bits per heavy atom. The zero-order chi connectivity index (χ0) is 26.3. The van der Waals surface area contributed by atoms with Crippen LogP contribution in [-0.4, -0.2) is 68.5 Å². The zero-order valence-electron chi connectivity index (χ0n) is 24.0. The molecule has 0 aliphatic carbocycles. The molecule has 0 unspecified atom stereocenters. The van der Waals surface area contributed by atoms with Crippen LogP contribution in [0.4, 0.5) is 0 Å². The maximum atomic E-state index is 9.64. The van der Waals surface area contributed by atoms with Crippen molar-refractivity contribution in [3.05, 3.63) is 0 Å². The summed E-state index contributed by atoms with van der Waals surface area (Å²) in [6.45, 7) is 37.2. The molecule has 31 heavy (non-hydrogen) atoms. The summed E-state index contributed by atoms with van der Waals surface area (Å²) in [4.78, 5) is 18.9. The van der Waals surface area contributed by atoms with Crippen molar-refractivity contribution in [2.24, 2.45) is 0 Å². The fraction of sp³-hybridized carbons (Fsp3) is 1.00. The first kappa shape index (κ1) is 36.8. The second kappa shape index (κ2) is 12.8. The first-order chi connectivity index (χ1) is 12.8. The molecular weight excluding hydrogens is 509 g/mol. The molecule has 0 aromatic carbocycles. The van der Waals surface area contributed by atoms with Gasteiger partial charge in [-0.1, -0.05) is 0 Å². The second-order valence-corrected chi connectivity index (χ2v) is 41.9. The molecule has 13 heteroatoms. The third-order valence-electron chi connectivity index (χ3n) is 2.22. The number of hydrogen-bond donors (Lipinski definition) is 2. The van der Waals surface area contributed by atoms with Gasteiger partial charge in [0.1, 0.15) is 0 Å². The number of hydrogen-bond acceptors (Lipinski definition) is 6. The molecule has 0 heterocycles. The molecule has 0 rings (SSSR count). The quantitative estimate of drug-likeness (QED) is 0.330. The summed E-state index contributed by atoms with van der Waals surface area (Å²) >= 11 is 0. The molecule has 192 valence electrons. The van der Waals surface area contributed by atoms with Gasteiger partial charge in [0.05, 0.1) is 0 Å². The van der Waals surface area contributed by atoms with E-state index in [0.717, 1.165) is 0 Å². The average molecular weight is 565 g/mol. The Morgan fingerprint density at radius 2 is 0.548 bits per heavy atom. The van der Waals surface area contributed by atoms with Crippen molar-refractivity contribution in [3.63, 3.8) is 0 Å². The van der Waals surface area contributed by atoms with E-state index >= 15 is 0 Å². The summed E-state index contributed by atoms with van der Waals surface area (Å²) in [5.74, 6) is 0. The van der Waals surface area contributed by atoms with E-state index in [9.17, 15) is 9.59 Å². The van der Waals surface area contributed by atoms with E-state index in [-0.39, 0.29) is 0 Å². The van der Waals surface area contributed by atoms with E-state index in [4.69, 9.17) is 16.5 Å². The van der Waals surface area contributed by atoms with Crippen LogP contribution in [-0.2, 0) is 16.5 Å². The van der Waals surface area contributed by atoms with Gasteiger partial charge in [-0.2, -0.15) is 0 Å². The van der Waals surface area contributed by atoms with Crippen molar-refractivity contribution in [1.82, 2.24) is 0 Å². The highest BCUT2D eigenvalue weighted by Gasteiger charge is 2.37. The van der Waals surface area contributed by atoms with Crippen LogP contribution in [0, 0.1) is 0 Å². The van der Waals surface area contributed by atoms with Gasteiger partial charge in [0.2, 0.25) is 0 Å². The highest BCUT2D eigenvalue weighted by atomic mass is 28.5. The predicted molar refractivity (Wildman–Crippen MR) is 155 cm³/mol. The normalized spacial score (nSPS) is 14.3. The molecule has 2 N–H and O–H groups in total. The Bertz CT molecular complexity index is 422. The maximum Gasteiger partial charge on any atom is 0.320 e. The Hall–Kier alpha value is 1.28. The molecular formula is C18H56O6Si7. The fourth-order valence-electron chi connectivity index (χ4n) is 3.03. The van der Waals surface area contributed by atoms with Crippen molar-refractivity contribution in [1.29, 1.82) is 0 Å². The minimum atomic E-state index is -2.43. The van der Waals surface area contributed by atoms with Gasteiger partial charge in [0.15, 0.2) is 33.3 Å². The Balaban J connectivity index is -0.000000390. The van der Waals surface area contributed by atoms with Crippen LogP contribution in [0.5, 0.6) is 0 Å². The zero-order valence-corrected chi connectivity index (χ0v) is 31.0. The van der Waals surface area contributed by atoms with Crippen LogP contribution in [0.1, 0.15) is 0 Å². The van der Waals surface area contributed by atoms with Crippen LogP contribution in [0.2, 0.25) is 118 Å². The molecule has 0 spiro atoms. The molecule has 0 aliphatic heterocycles. The first-order valence-corrected chi connectivity index (χ1v) is 33.2. The van der Waals surface area contributed by atoms with Gasteiger partial charge in [-0.25, -0.2) is 0 Å².